The molecule has 0 aromatic rings. The molecule has 0 amide bonds. The van der Waals surface area contributed by atoms with E-state index in [0.29, 0.717) is 0 Å². The zero-order valence-electron chi connectivity index (χ0n) is 6.59. The van der Waals surface area contributed by atoms with E-state index in [1.54, 1.807) is 20.8 Å². The second-order valence-corrected chi connectivity index (χ2v) is 3.25. The molecule has 64 valence electrons. The van der Waals surface area contributed by atoms with Crippen LogP contribution in [0.2, 0.25) is 0 Å². The van der Waals surface area contributed by atoms with E-state index >= 15 is 0 Å². The van der Waals surface area contributed by atoms with E-state index in [0.717, 1.165) is 0 Å². The molecule has 5 heteroatoms. The van der Waals surface area contributed by atoms with Crippen LogP contribution in [0.25, 0.3) is 0 Å². The number of hydrogen-bond acceptors (Lipinski definition) is 4. The first-order valence-electron chi connectivity index (χ1n) is 2.97. The fourth-order valence-electron chi connectivity index (χ4n) is 0.361. The number of esters is 1. The van der Waals surface area contributed by atoms with Crippen LogP contribution in [0.15, 0.2) is 5.16 Å². The van der Waals surface area contributed by atoms with Crippen molar-refractivity contribution in [3.63, 3.8) is 0 Å². The summed E-state index contributed by atoms with van der Waals surface area (Å²) >= 11 is 5.15. The van der Waals surface area contributed by atoms with Gasteiger partial charge in [-0.3, -0.25) is 0 Å². The van der Waals surface area contributed by atoms with Gasteiger partial charge in [-0.05, 0) is 20.8 Å². The first-order chi connectivity index (χ1) is 4.87. The van der Waals surface area contributed by atoms with Gasteiger partial charge in [-0.1, -0.05) is 16.8 Å². The molecule has 0 rings (SSSR count). The van der Waals surface area contributed by atoms with Crippen molar-refractivity contribution in [1.82, 2.24) is 0 Å². The molecule has 0 saturated heterocycles. The largest absolute Gasteiger partial charge is 0.454 e. The number of rotatable bonds is 1. The maximum atomic E-state index is 10.7. The molecule has 0 unspecified atom stereocenters. The number of hydrogen-bond donors (Lipinski definition) is 1. The number of halogens is 1. The van der Waals surface area contributed by atoms with Gasteiger partial charge in [0.2, 0.25) is 0 Å². The number of carbonyl (C=O) groups is 1. The van der Waals surface area contributed by atoms with E-state index in [1.807, 2.05) is 0 Å². The van der Waals surface area contributed by atoms with Crippen LogP contribution in [0.4, 0.5) is 0 Å². The fourth-order valence-corrected chi connectivity index (χ4v) is 0.400. The number of oxime groups is 1. The lowest BCUT2D eigenvalue weighted by molar-refractivity contribution is -0.145. The summed E-state index contributed by atoms with van der Waals surface area (Å²) in [6.07, 6.45) is 0. The van der Waals surface area contributed by atoms with E-state index in [9.17, 15) is 4.79 Å². The van der Waals surface area contributed by atoms with Gasteiger partial charge in [0.1, 0.15) is 5.60 Å². The van der Waals surface area contributed by atoms with E-state index in [1.165, 1.54) is 0 Å². The number of nitrogens with zero attached hydrogens (tertiary/aromatic N) is 1. The maximum Gasteiger partial charge on any atom is 0.372 e. The lowest BCUT2D eigenvalue weighted by Crippen LogP contribution is -2.26. The van der Waals surface area contributed by atoms with Crippen molar-refractivity contribution >= 4 is 22.7 Å². The van der Waals surface area contributed by atoms with Gasteiger partial charge in [0.25, 0.3) is 5.17 Å². The van der Waals surface area contributed by atoms with Crippen molar-refractivity contribution in [3.8, 4) is 0 Å². The van der Waals surface area contributed by atoms with Crippen molar-refractivity contribution < 1.29 is 14.7 Å². The van der Waals surface area contributed by atoms with Crippen LogP contribution < -0.4 is 0 Å². The molecule has 0 spiro atoms. The third kappa shape index (κ3) is 4.61. The summed E-state index contributed by atoms with van der Waals surface area (Å²) in [6.45, 7) is 5.06. The minimum atomic E-state index is -0.832. The first-order valence-corrected chi connectivity index (χ1v) is 3.35. The van der Waals surface area contributed by atoms with Gasteiger partial charge in [0.05, 0.1) is 0 Å². The highest BCUT2D eigenvalue weighted by Crippen LogP contribution is 2.08. The molecule has 0 saturated carbocycles. The SMILES string of the molecule is CC(C)(C)OC(=O)/C(Cl)=N/O. The molecule has 1 N–H and O–H groups in total. The highest BCUT2D eigenvalue weighted by Gasteiger charge is 2.19. The summed E-state index contributed by atoms with van der Waals surface area (Å²) in [7, 11) is 0. The zero-order chi connectivity index (χ0) is 9.07. The lowest BCUT2D eigenvalue weighted by Gasteiger charge is -2.18. The van der Waals surface area contributed by atoms with Gasteiger partial charge in [-0.2, -0.15) is 0 Å². The Kier molecular flexibility index (Phi) is 3.32. The van der Waals surface area contributed by atoms with Crippen molar-refractivity contribution in [2.24, 2.45) is 5.16 Å². The van der Waals surface area contributed by atoms with E-state index < -0.39 is 16.7 Å². The molecule has 0 radical (unpaired) electrons. The summed E-state index contributed by atoms with van der Waals surface area (Å²) < 4.78 is 4.73. The molecule has 0 aliphatic carbocycles. The monoisotopic (exact) mass is 179 g/mol. The predicted octanol–water partition coefficient (Wildman–Crippen LogP) is 1.35. The van der Waals surface area contributed by atoms with Crippen LogP contribution in [0.3, 0.4) is 0 Å². The average Bonchev–Trinajstić information content (AvgIpc) is 1.82. The Balaban J connectivity index is 4.10. The van der Waals surface area contributed by atoms with Crippen LogP contribution in [-0.4, -0.2) is 21.9 Å². The van der Waals surface area contributed by atoms with Gasteiger partial charge in [0.15, 0.2) is 0 Å². The summed E-state index contributed by atoms with van der Waals surface area (Å²) in [5, 5.41) is 9.97. The lowest BCUT2D eigenvalue weighted by atomic mass is 10.2. The summed E-state index contributed by atoms with van der Waals surface area (Å²) in [4.78, 5) is 10.7. The normalized spacial score (nSPS) is 12.9. The third-order valence-corrected chi connectivity index (χ3v) is 0.885. The molecule has 0 aromatic carbocycles. The van der Waals surface area contributed by atoms with E-state index in [-0.39, 0.29) is 0 Å². The zero-order valence-corrected chi connectivity index (χ0v) is 7.34. The maximum absolute atomic E-state index is 10.7. The molecule has 0 bridgehead atoms. The van der Waals surface area contributed by atoms with E-state index in [4.69, 9.17) is 21.5 Å². The Labute approximate surface area is 69.8 Å². The number of ether oxygens (including phenoxy) is 1. The van der Waals surface area contributed by atoms with Crippen molar-refractivity contribution in [2.45, 2.75) is 26.4 Å². The molecule has 0 aliphatic rings. The molecule has 0 aromatic heterocycles. The highest BCUT2D eigenvalue weighted by molar-refractivity contribution is 6.81. The van der Waals surface area contributed by atoms with Crippen LogP contribution in [0, 0.1) is 0 Å². The Morgan fingerprint density at radius 2 is 2.00 bits per heavy atom. The molecular formula is C6H10ClNO3. The quantitative estimate of drug-likeness (QED) is 0.286. The minimum Gasteiger partial charge on any atom is -0.454 e. The van der Waals surface area contributed by atoms with Gasteiger partial charge >= 0.3 is 5.97 Å². The molecule has 0 aliphatic heterocycles. The average molecular weight is 180 g/mol. The number of carbonyl (C=O) groups excluding carboxylic acids is 1. The Morgan fingerprint density at radius 1 is 1.55 bits per heavy atom. The van der Waals surface area contributed by atoms with Gasteiger partial charge < -0.3 is 9.94 Å². The van der Waals surface area contributed by atoms with Crippen molar-refractivity contribution in [1.29, 1.82) is 0 Å². The third-order valence-electron chi connectivity index (χ3n) is 0.655. The smallest absolute Gasteiger partial charge is 0.372 e. The summed E-state index contributed by atoms with van der Waals surface area (Å²) in [5.41, 5.74) is -0.623. The van der Waals surface area contributed by atoms with E-state index in [2.05, 4.69) is 5.16 Å². The van der Waals surface area contributed by atoms with Crippen LogP contribution >= 0.6 is 11.6 Å². The highest BCUT2D eigenvalue weighted by atomic mass is 35.5. The summed E-state index contributed by atoms with van der Waals surface area (Å²) in [6, 6.07) is 0. The Bertz CT molecular complexity index is 183. The second-order valence-electron chi connectivity index (χ2n) is 2.89. The van der Waals surface area contributed by atoms with Crippen molar-refractivity contribution in [3.05, 3.63) is 0 Å². The standard InChI is InChI=1S/C6H10ClNO3/c1-6(2,3)11-5(9)4(7)8-10/h10H,1-3H3/b8-4-. The minimum absolute atomic E-state index is 0.570. The molecule has 0 fully saturated rings. The second kappa shape index (κ2) is 3.57. The van der Waals surface area contributed by atoms with Crippen LogP contribution in [-0.2, 0) is 9.53 Å². The molecule has 4 nitrogen and oxygen atoms in total. The Morgan fingerprint density at radius 3 is 2.27 bits per heavy atom. The van der Waals surface area contributed by atoms with Gasteiger partial charge in [-0.15, -0.1) is 0 Å². The molecular weight excluding hydrogens is 170 g/mol. The molecule has 11 heavy (non-hydrogen) atoms. The van der Waals surface area contributed by atoms with Crippen LogP contribution in [0.1, 0.15) is 20.8 Å². The Hall–Kier alpha value is -0.770. The molecule has 0 atom stereocenters. The fraction of sp³-hybridized carbons (Fsp3) is 0.667. The van der Waals surface area contributed by atoms with Crippen molar-refractivity contribution in [2.75, 3.05) is 0 Å². The van der Waals surface area contributed by atoms with Gasteiger partial charge in [0, 0.05) is 0 Å². The predicted molar refractivity (Wildman–Crippen MR) is 40.9 cm³/mol. The topological polar surface area (TPSA) is 58.9 Å². The molecule has 0 heterocycles. The van der Waals surface area contributed by atoms with Crippen LogP contribution in [0.5, 0.6) is 0 Å². The van der Waals surface area contributed by atoms with Gasteiger partial charge in [-0.25, -0.2) is 4.79 Å². The first kappa shape index (κ1) is 10.2. The summed E-state index contributed by atoms with van der Waals surface area (Å²) in [5.74, 6) is -0.832.